The molecule has 1 atom stereocenters. The van der Waals surface area contributed by atoms with Gasteiger partial charge in [-0.05, 0) is 23.1 Å². The summed E-state index contributed by atoms with van der Waals surface area (Å²) in [5, 5.41) is 5.57. The van der Waals surface area contributed by atoms with Crippen LogP contribution in [0, 0.1) is 0 Å². The van der Waals surface area contributed by atoms with Crippen LogP contribution in [0.2, 0.25) is 0 Å². The third-order valence-corrected chi connectivity index (χ3v) is 4.52. The van der Waals surface area contributed by atoms with Crippen molar-refractivity contribution in [3.8, 4) is 0 Å². The minimum absolute atomic E-state index is 0.0833. The maximum atomic E-state index is 12.7. The van der Waals surface area contributed by atoms with E-state index in [0.29, 0.717) is 19.5 Å². The van der Waals surface area contributed by atoms with Crippen molar-refractivity contribution < 1.29 is 14.4 Å². The Labute approximate surface area is 121 Å². The first kappa shape index (κ1) is 12.5. The normalized spacial score (nSPS) is 24.1. The van der Waals surface area contributed by atoms with E-state index in [4.69, 9.17) is 0 Å². The summed E-state index contributed by atoms with van der Waals surface area (Å²) in [5.74, 6) is -0.701. The van der Waals surface area contributed by atoms with Gasteiger partial charge in [0.05, 0.1) is 0 Å². The highest BCUT2D eigenvalue weighted by Crippen LogP contribution is 2.33. The van der Waals surface area contributed by atoms with Gasteiger partial charge in [-0.3, -0.25) is 19.7 Å². The van der Waals surface area contributed by atoms with Gasteiger partial charge in [0.25, 0.3) is 5.91 Å². The molecule has 0 radical (unpaired) electrons. The van der Waals surface area contributed by atoms with Crippen molar-refractivity contribution in [2.24, 2.45) is 0 Å². The molecule has 108 valence electrons. The van der Waals surface area contributed by atoms with Gasteiger partial charge < -0.3 is 10.2 Å². The number of piperidine rings is 1. The van der Waals surface area contributed by atoms with Crippen molar-refractivity contribution in [2.45, 2.75) is 38.5 Å². The van der Waals surface area contributed by atoms with Crippen molar-refractivity contribution in [1.82, 2.24) is 15.5 Å². The number of amides is 3. The number of benzene rings is 1. The highest BCUT2D eigenvalue weighted by atomic mass is 16.2. The number of rotatable bonds is 1. The SMILES string of the molecule is O=C1CCC(N2Cc3ccc4c(c3C2=O)CNC4)C(=O)N1. The highest BCUT2D eigenvalue weighted by molar-refractivity contribution is 6.06. The summed E-state index contributed by atoms with van der Waals surface area (Å²) in [6.45, 7) is 1.94. The fourth-order valence-corrected chi connectivity index (χ4v) is 3.46. The largest absolute Gasteiger partial charge is 0.322 e. The molecule has 4 rings (SSSR count). The molecule has 3 heterocycles. The van der Waals surface area contributed by atoms with E-state index in [0.717, 1.165) is 28.8 Å². The Kier molecular flexibility index (Phi) is 2.62. The molecule has 21 heavy (non-hydrogen) atoms. The average Bonchev–Trinajstić information content (AvgIpc) is 3.03. The minimum Gasteiger partial charge on any atom is -0.322 e. The molecule has 1 aromatic rings. The first-order valence-electron chi connectivity index (χ1n) is 7.14. The van der Waals surface area contributed by atoms with E-state index in [9.17, 15) is 14.4 Å². The van der Waals surface area contributed by atoms with Crippen LogP contribution < -0.4 is 10.6 Å². The molecule has 1 saturated heterocycles. The van der Waals surface area contributed by atoms with Crippen molar-refractivity contribution in [3.05, 3.63) is 34.4 Å². The molecule has 6 nitrogen and oxygen atoms in total. The Bertz CT molecular complexity index is 683. The van der Waals surface area contributed by atoms with Crippen molar-refractivity contribution >= 4 is 17.7 Å². The zero-order valence-corrected chi connectivity index (χ0v) is 11.4. The quantitative estimate of drug-likeness (QED) is 0.715. The number of carbonyl (C=O) groups is 3. The second kappa shape index (κ2) is 4.39. The molecule has 0 bridgehead atoms. The zero-order chi connectivity index (χ0) is 14.6. The molecule has 0 saturated carbocycles. The van der Waals surface area contributed by atoms with Gasteiger partial charge in [0, 0.05) is 31.6 Å². The van der Waals surface area contributed by atoms with Crippen molar-refractivity contribution in [1.29, 1.82) is 0 Å². The fourth-order valence-electron chi connectivity index (χ4n) is 3.46. The summed E-state index contributed by atoms with van der Waals surface area (Å²) in [4.78, 5) is 37.5. The Hall–Kier alpha value is -2.21. The molecule has 0 aromatic heterocycles. The maximum Gasteiger partial charge on any atom is 0.255 e. The first-order valence-corrected chi connectivity index (χ1v) is 7.14. The number of hydrogen-bond donors (Lipinski definition) is 2. The third-order valence-electron chi connectivity index (χ3n) is 4.52. The van der Waals surface area contributed by atoms with Crippen LogP contribution in [0.15, 0.2) is 12.1 Å². The summed E-state index contributed by atoms with van der Waals surface area (Å²) in [6, 6.07) is 3.49. The van der Waals surface area contributed by atoms with Crippen LogP contribution in [0.1, 0.15) is 39.9 Å². The summed E-state index contributed by atoms with van der Waals surface area (Å²) in [5.41, 5.74) is 3.95. The van der Waals surface area contributed by atoms with Crippen LogP contribution in [-0.4, -0.2) is 28.7 Å². The number of imide groups is 1. The second-order valence-corrected chi connectivity index (χ2v) is 5.74. The van der Waals surface area contributed by atoms with Crippen LogP contribution in [0.4, 0.5) is 0 Å². The lowest BCUT2D eigenvalue weighted by Gasteiger charge is -2.29. The lowest BCUT2D eigenvalue weighted by atomic mass is 9.99. The molecule has 3 aliphatic heterocycles. The Balaban J connectivity index is 1.68. The Morgan fingerprint density at radius 2 is 1.90 bits per heavy atom. The van der Waals surface area contributed by atoms with E-state index in [-0.39, 0.29) is 24.1 Å². The smallest absolute Gasteiger partial charge is 0.255 e. The van der Waals surface area contributed by atoms with Crippen LogP contribution in [-0.2, 0) is 29.2 Å². The molecule has 1 unspecified atom stereocenters. The predicted octanol–water partition coefficient (Wildman–Crippen LogP) is 0.0508. The molecule has 6 heteroatoms. The highest BCUT2D eigenvalue weighted by Gasteiger charge is 2.40. The van der Waals surface area contributed by atoms with Crippen LogP contribution >= 0.6 is 0 Å². The van der Waals surface area contributed by atoms with E-state index >= 15 is 0 Å². The molecule has 1 fully saturated rings. The van der Waals surface area contributed by atoms with Gasteiger partial charge in [0.1, 0.15) is 6.04 Å². The summed E-state index contributed by atoms with van der Waals surface area (Å²) in [7, 11) is 0. The Morgan fingerprint density at radius 3 is 2.71 bits per heavy atom. The topological polar surface area (TPSA) is 78.5 Å². The van der Waals surface area contributed by atoms with E-state index in [1.807, 2.05) is 6.07 Å². The van der Waals surface area contributed by atoms with Crippen LogP contribution in [0.25, 0.3) is 0 Å². The van der Waals surface area contributed by atoms with Gasteiger partial charge in [-0.1, -0.05) is 12.1 Å². The predicted molar refractivity (Wildman–Crippen MR) is 73.0 cm³/mol. The van der Waals surface area contributed by atoms with Gasteiger partial charge >= 0.3 is 0 Å². The summed E-state index contributed by atoms with van der Waals surface area (Å²) >= 11 is 0. The number of nitrogens with one attached hydrogen (secondary N) is 2. The van der Waals surface area contributed by atoms with E-state index in [1.54, 1.807) is 4.90 Å². The number of nitrogens with zero attached hydrogens (tertiary/aromatic N) is 1. The molecule has 0 spiro atoms. The lowest BCUT2D eigenvalue weighted by molar-refractivity contribution is -0.136. The lowest BCUT2D eigenvalue weighted by Crippen LogP contribution is -2.52. The minimum atomic E-state index is -0.535. The molecule has 0 aliphatic carbocycles. The van der Waals surface area contributed by atoms with E-state index < -0.39 is 6.04 Å². The van der Waals surface area contributed by atoms with Crippen molar-refractivity contribution in [3.63, 3.8) is 0 Å². The maximum absolute atomic E-state index is 12.7. The number of hydrogen-bond acceptors (Lipinski definition) is 4. The second-order valence-electron chi connectivity index (χ2n) is 5.74. The third kappa shape index (κ3) is 1.79. The molecule has 2 N–H and O–H groups in total. The fraction of sp³-hybridized carbons (Fsp3) is 0.400. The van der Waals surface area contributed by atoms with E-state index in [2.05, 4.69) is 16.7 Å². The summed E-state index contributed by atoms with van der Waals surface area (Å²) in [6.07, 6.45) is 0.695. The van der Waals surface area contributed by atoms with Crippen molar-refractivity contribution in [2.75, 3.05) is 0 Å². The molecule has 3 aliphatic rings. The standard InChI is InChI=1S/C15H15N3O3/c19-12-4-3-11(14(20)17-12)18-7-9-2-1-8-5-16-6-10(8)13(9)15(18)21/h1-2,11,16H,3-7H2,(H,17,19,20). The number of carbonyl (C=O) groups excluding carboxylic acids is 3. The van der Waals surface area contributed by atoms with Gasteiger partial charge in [-0.2, -0.15) is 0 Å². The van der Waals surface area contributed by atoms with Crippen LogP contribution in [0.5, 0.6) is 0 Å². The first-order chi connectivity index (χ1) is 10.1. The van der Waals surface area contributed by atoms with Gasteiger partial charge in [-0.15, -0.1) is 0 Å². The molecular weight excluding hydrogens is 270 g/mol. The van der Waals surface area contributed by atoms with Gasteiger partial charge in [-0.25, -0.2) is 0 Å². The van der Waals surface area contributed by atoms with Gasteiger partial charge in [0.15, 0.2) is 0 Å². The molecular formula is C15H15N3O3. The van der Waals surface area contributed by atoms with Crippen LogP contribution in [0.3, 0.4) is 0 Å². The number of fused-ring (bicyclic) bond motifs is 3. The Morgan fingerprint density at radius 1 is 1.10 bits per heavy atom. The average molecular weight is 285 g/mol. The zero-order valence-electron chi connectivity index (χ0n) is 11.4. The molecule has 3 amide bonds. The monoisotopic (exact) mass is 285 g/mol. The van der Waals surface area contributed by atoms with E-state index in [1.165, 1.54) is 0 Å². The summed E-state index contributed by atoms with van der Waals surface area (Å²) < 4.78 is 0. The van der Waals surface area contributed by atoms with Gasteiger partial charge in [0.2, 0.25) is 11.8 Å². The molecule has 1 aromatic carbocycles.